The average Bonchev–Trinajstić information content (AvgIpc) is 3.28. The molecule has 1 aliphatic heterocycles. The first-order valence-electron chi connectivity index (χ1n) is 9.21. The Morgan fingerprint density at radius 3 is 3.07 bits per heavy atom. The number of likely N-dealkylation sites (N-methyl/N-ethyl adjacent to an activating group) is 1. The normalized spacial score (nSPS) is 16.7. The van der Waals surface area contributed by atoms with Crippen molar-refractivity contribution in [3.8, 4) is 0 Å². The largest absolute Gasteiger partial charge is 0.356 e. The highest BCUT2D eigenvalue weighted by Crippen LogP contribution is 2.22. The third-order valence-corrected chi connectivity index (χ3v) is 5.34. The molecule has 0 aliphatic carbocycles. The van der Waals surface area contributed by atoms with Gasteiger partial charge in [-0.15, -0.1) is 11.3 Å². The maximum atomic E-state index is 11.9. The standard InChI is InChI=1S/C18H27N7OS/c1-13-21-17-15(7-4-10-25(17)23-13)22-18(20-12-16(26)24(2)3)19-9-8-14-6-5-11-27-14/h5-6,11,15H,4,7-10,12H2,1-3H3,(H2,19,20,22). The molecule has 1 aliphatic rings. The molecular weight excluding hydrogens is 362 g/mol. The fourth-order valence-corrected chi connectivity index (χ4v) is 3.68. The number of thiophene rings is 1. The van der Waals surface area contributed by atoms with Gasteiger partial charge in [0.25, 0.3) is 0 Å². The van der Waals surface area contributed by atoms with Gasteiger partial charge >= 0.3 is 0 Å². The number of aryl methyl sites for hydroxylation is 2. The Balaban J connectivity index is 1.67. The van der Waals surface area contributed by atoms with E-state index in [9.17, 15) is 4.79 Å². The van der Waals surface area contributed by atoms with Crippen LogP contribution in [-0.4, -0.2) is 58.7 Å². The van der Waals surface area contributed by atoms with E-state index in [1.807, 2.05) is 11.6 Å². The number of aliphatic imine (C=N–C) groups is 1. The Bertz CT molecular complexity index is 782. The van der Waals surface area contributed by atoms with Gasteiger partial charge in [-0.2, -0.15) is 5.10 Å². The van der Waals surface area contributed by atoms with Crippen molar-refractivity contribution in [1.82, 2.24) is 30.3 Å². The van der Waals surface area contributed by atoms with Gasteiger partial charge < -0.3 is 15.5 Å². The van der Waals surface area contributed by atoms with E-state index >= 15 is 0 Å². The second-order valence-corrected chi connectivity index (χ2v) is 7.82. The second-order valence-electron chi connectivity index (χ2n) is 6.79. The van der Waals surface area contributed by atoms with E-state index in [1.54, 1.807) is 30.3 Å². The molecule has 0 saturated heterocycles. The SMILES string of the molecule is Cc1nc2n(n1)CCCC2NC(=NCC(=O)N(C)C)NCCc1cccs1. The van der Waals surface area contributed by atoms with E-state index in [0.29, 0.717) is 5.96 Å². The minimum atomic E-state index is -0.0305. The van der Waals surface area contributed by atoms with Crippen molar-refractivity contribution >= 4 is 23.2 Å². The maximum Gasteiger partial charge on any atom is 0.243 e. The van der Waals surface area contributed by atoms with Crippen LogP contribution in [0.3, 0.4) is 0 Å². The van der Waals surface area contributed by atoms with E-state index in [-0.39, 0.29) is 18.5 Å². The van der Waals surface area contributed by atoms with Crippen molar-refractivity contribution in [2.45, 2.75) is 38.8 Å². The molecule has 0 spiro atoms. The van der Waals surface area contributed by atoms with E-state index in [2.05, 4.69) is 43.2 Å². The van der Waals surface area contributed by atoms with Crippen molar-refractivity contribution in [2.75, 3.05) is 27.2 Å². The predicted molar refractivity (Wildman–Crippen MR) is 107 cm³/mol. The molecule has 0 saturated carbocycles. The molecular formula is C18H27N7OS. The summed E-state index contributed by atoms with van der Waals surface area (Å²) >= 11 is 1.74. The molecule has 27 heavy (non-hydrogen) atoms. The third kappa shape index (κ3) is 5.29. The smallest absolute Gasteiger partial charge is 0.243 e. The molecule has 2 aromatic rings. The van der Waals surface area contributed by atoms with E-state index < -0.39 is 0 Å². The molecule has 1 amide bonds. The first kappa shape index (κ1) is 19.3. The lowest BCUT2D eigenvalue weighted by Crippen LogP contribution is -2.43. The Kier molecular flexibility index (Phi) is 6.44. The number of guanidine groups is 1. The molecule has 1 unspecified atom stereocenters. The summed E-state index contributed by atoms with van der Waals surface area (Å²) in [5, 5.41) is 13.3. The van der Waals surface area contributed by atoms with Gasteiger partial charge in [-0.05, 0) is 37.6 Å². The minimum absolute atomic E-state index is 0.0305. The number of nitrogens with one attached hydrogen (secondary N) is 2. The molecule has 0 aromatic carbocycles. The van der Waals surface area contributed by atoms with Crippen molar-refractivity contribution in [2.24, 2.45) is 4.99 Å². The molecule has 3 heterocycles. The summed E-state index contributed by atoms with van der Waals surface area (Å²) in [5.74, 6) is 2.33. The Morgan fingerprint density at radius 2 is 2.33 bits per heavy atom. The molecule has 8 nitrogen and oxygen atoms in total. The van der Waals surface area contributed by atoms with Crippen LogP contribution in [0, 0.1) is 6.92 Å². The Hall–Kier alpha value is -2.42. The highest BCUT2D eigenvalue weighted by atomic mass is 32.1. The molecule has 0 bridgehead atoms. The molecule has 0 fully saturated rings. The maximum absolute atomic E-state index is 11.9. The lowest BCUT2D eigenvalue weighted by molar-refractivity contribution is -0.127. The van der Waals surface area contributed by atoms with Gasteiger partial charge in [0.15, 0.2) is 5.96 Å². The van der Waals surface area contributed by atoms with Crippen LogP contribution >= 0.6 is 11.3 Å². The van der Waals surface area contributed by atoms with Crippen LogP contribution in [0.25, 0.3) is 0 Å². The summed E-state index contributed by atoms with van der Waals surface area (Å²) in [6.07, 6.45) is 2.91. The van der Waals surface area contributed by atoms with Crippen LogP contribution in [0.1, 0.15) is 35.4 Å². The lowest BCUT2D eigenvalue weighted by Gasteiger charge is -2.25. The second kappa shape index (κ2) is 8.98. The van der Waals surface area contributed by atoms with Crippen LogP contribution < -0.4 is 10.6 Å². The Morgan fingerprint density at radius 1 is 1.48 bits per heavy atom. The zero-order chi connectivity index (χ0) is 19.2. The summed E-state index contributed by atoms with van der Waals surface area (Å²) in [7, 11) is 3.48. The van der Waals surface area contributed by atoms with Crippen LogP contribution in [0.4, 0.5) is 0 Å². The number of aromatic nitrogens is 3. The predicted octanol–water partition coefficient (Wildman–Crippen LogP) is 1.35. The van der Waals surface area contributed by atoms with E-state index in [0.717, 1.165) is 44.0 Å². The van der Waals surface area contributed by atoms with Gasteiger partial charge in [0.1, 0.15) is 18.2 Å². The van der Waals surface area contributed by atoms with Crippen molar-refractivity contribution in [1.29, 1.82) is 0 Å². The zero-order valence-corrected chi connectivity index (χ0v) is 16.9. The number of hydrogen-bond acceptors (Lipinski definition) is 5. The summed E-state index contributed by atoms with van der Waals surface area (Å²) < 4.78 is 1.96. The van der Waals surface area contributed by atoms with Crippen LogP contribution in [-0.2, 0) is 17.8 Å². The number of nitrogens with zero attached hydrogens (tertiary/aromatic N) is 5. The van der Waals surface area contributed by atoms with Crippen molar-refractivity contribution < 1.29 is 4.79 Å². The first-order chi connectivity index (χ1) is 13.0. The molecule has 2 N–H and O–H groups in total. The van der Waals surface area contributed by atoms with Crippen molar-refractivity contribution in [3.05, 3.63) is 34.0 Å². The molecule has 2 aromatic heterocycles. The fraction of sp³-hybridized carbons (Fsp3) is 0.556. The summed E-state index contributed by atoms with van der Waals surface area (Å²) in [4.78, 5) is 23.9. The topological polar surface area (TPSA) is 87.4 Å². The summed E-state index contributed by atoms with van der Waals surface area (Å²) in [5.41, 5.74) is 0. The lowest BCUT2D eigenvalue weighted by atomic mass is 10.1. The number of carbonyl (C=O) groups excluding carboxylic acids is 1. The molecule has 1 atom stereocenters. The molecule has 0 radical (unpaired) electrons. The summed E-state index contributed by atoms with van der Waals surface area (Å²) in [6, 6.07) is 4.22. The van der Waals surface area contributed by atoms with Gasteiger partial charge in [-0.1, -0.05) is 6.07 Å². The van der Waals surface area contributed by atoms with Gasteiger partial charge in [0.2, 0.25) is 5.91 Å². The fourth-order valence-electron chi connectivity index (χ4n) is 2.97. The van der Waals surface area contributed by atoms with Crippen LogP contribution in [0.15, 0.2) is 22.5 Å². The van der Waals surface area contributed by atoms with Crippen LogP contribution in [0.5, 0.6) is 0 Å². The van der Waals surface area contributed by atoms with Gasteiger partial charge in [-0.3, -0.25) is 4.79 Å². The Labute approximate surface area is 163 Å². The van der Waals surface area contributed by atoms with Crippen LogP contribution in [0.2, 0.25) is 0 Å². The van der Waals surface area contributed by atoms with Gasteiger partial charge in [0.05, 0.1) is 6.04 Å². The van der Waals surface area contributed by atoms with Gasteiger partial charge in [0, 0.05) is 32.1 Å². The number of carbonyl (C=O) groups is 1. The molecule has 3 rings (SSSR count). The zero-order valence-electron chi connectivity index (χ0n) is 16.1. The van der Waals surface area contributed by atoms with Crippen molar-refractivity contribution in [3.63, 3.8) is 0 Å². The highest BCUT2D eigenvalue weighted by molar-refractivity contribution is 7.09. The van der Waals surface area contributed by atoms with E-state index in [4.69, 9.17) is 0 Å². The van der Waals surface area contributed by atoms with E-state index in [1.165, 1.54) is 4.88 Å². The first-order valence-corrected chi connectivity index (χ1v) is 10.1. The summed E-state index contributed by atoms with van der Waals surface area (Å²) in [6.45, 7) is 3.67. The number of rotatable bonds is 6. The average molecular weight is 390 g/mol. The highest BCUT2D eigenvalue weighted by Gasteiger charge is 2.24. The van der Waals surface area contributed by atoms with Gasteiger partial charge in [-0.25, -0.2) is 14.7 Å². The monoisotopic (exact) mass is 389 g/mol. The minimum Gasteiger partial charge on any atom is -0.356 e. The number of fused-ring (bicyclic) bond motifs is 1. The molecule has 146 valence electrons. The number of amides is 1. The molecule has 9 heteroatoms. The third-order valence-electron chi connectivity index (χ3n) is 4.41. The number of hydrogen-bond donors (Lipinski definition) is 2. The quantitative estimate of drug-likeness (QED) is 0.575.